The number of fused-ring (bicyclic) bond motifs is 8. The van der Waals surface area contributed by atoms with E-state index in [0.29, 0.717) is 63.4 Å². The van der Waals surface area contributed by atoms with Gasteiger partial charge in [-0.2, -0.15) is 0 Å². The van der Waals surface area contributed by atoms with Crippen LogP contribution in [0.25, 0.3) is 0 Å². The SMILES string of the molecule is CCN(CC)C(=O)COc1c2cc(C(C)(C)C)cc1Cc1cc(C(C)(C)C)cc(c1O)Cc1cc(C(C)(C)C)cc(c1OCC(=O)N(CC)CC)Cc1cc(C(C)(C)C)cc(c1O)C2. The van der Waals surface area contributed by atoms with Gasteiger partial charge >= 0.3 is 0 Å². The van der Waals surface area contributed by atoms with Crippen LogP contribution >= 0.6 is 0 Å². The number of carbonyl (C=O) groups excluding carboxylic acids is 2. The van der Waals surface area contributed by atoms with Gasteiger partial charge in [0.15, 0.2) is 13.2 Å². The van der Waals surface area contributed by atoms with Crippen molar-refractivity contribution in [1.29, 1.82) is 0 Å². The molecule has 64 heavy (non-hydrogen) atoms. The van der Waals surface area contributed by atoms with E-state index >= 15 is 0 Å². The lowest BCUT2D eigenvalue weighted by molar-refractivity contribution is -0.133. The summed E-state index contributed by atoms with van der Waals surface area (Å²) < 4.78 is 13.4. The first kappa shape index (κ1) is 50.0. The van der Waals surface area contributed by atoms with Crippen molar-refractivity contribution in [3.8, 4) is 23.0 Å². The predicted molar refractivity (Wildman–Crippen MR) is 262 cm³/mol. The van der Waals surface area contributed by atoms with Gasteiger partial charge in [-0.1, -0.05) is 132 Å². The zero-order chi connectivity index (χ0) is 47.7. The number of likely N-dealkylation sites (N-methyl/N-ethyl adjacent to an activating group) is 2. The molecule has 0 fully saturated rings. The molecule has 0 aliphatic heterocycles. The Kier molecular flexibility index (Phi) is 15.0. The van der Waals surface area contributed by atoms with Crippen LogP contribution in [0.15, 0.2) is 48.5 Å². The Hall–Kier alpha value is -4.98. The number of ether oxygens (including phenoxy) is 2. The minimum atomic E-state index is -0.259. The van der Waals surface area contributed by atoms with Crippen LogP contribution in [0.2, 0.25) is 0 Å². The highest BCUT2D eigenvalue weighted by molar-refractivity contribution is 5.78. The number of phenolic OH excluding ortho intramolecular Hbond substituents is 2. The Morgan fingerprint density at radius 1 is 0.422 bits per heavy atom. The highest BCUT2D eigenvalue weighted by Gasteiger charge is 2.29. The summed E-state index contributed by atoms with van der Waals surface area (Å²) in [6, 6.07) is 17.1. The summed E-state index contributed by atoms with van der Waals surface area (Å²) in [4.78, 5) is 30.7. The molecule has 0 spiro atoms. The summed E-state index contributed by atoms with van der Waals surface area (Å²) in [5.41, 5.74) is 9.72. The molecular formula is C56H78N2O6. The molecule has 5 rings (SSSR count). The second kappa shape index (κ2) is 19.2. The summed E-state index contributed by atoms with van der Waals surface area (Å²) >= 11 is 0. The molecule has 2 N–H and O–H groups in total. The lowest BCUT2D eigenvalue weighted by Crippen LogP contribution is -2.34. The number of aromatic hydroxyl groups is 2. The van der Waals surface area contributed by atoms with Crippen LogP contribution in [-0.2, 0) is 56.9 Å². The topological polar surface area (TPSA) is 99.5 Å². The Morgan fingerprint density at radius 3 is 0.812 bits per heavy atom. The van der Waals surface area contributed by atoms with Crippen molar-refractivity contribution < 1.29 is 29.3 Å². The Labute approximate surface area is 385 Å². The van der Waals surface area contributed by atoms with Crippen molar-refractivity contribution in [1.82, 2.24) is 9.80 Å². The lowest BCUT2D eigenvalue weighted by Gasteiger charge is -2.28. The number of hydrogen-bond acceptors (Lipinski definition) is 6. The van der Waals surface area contributed by atoms with Crippen LogP contribution in [0.3, 0.4) is 0 Å². The van der Waals surface area contributed by atoms with E-state index in [2.05, 4.69) is 132 Å². The third kappa shape index (κ3) is 11.4. The van der Waals surface area contributed by atoms with Gasteiger partial charge in [0, 0.05) is 51.9 Å². The third-order valence-electron chi connectivity index (χ3n) is 12.9. The summed E-state index contributed by atoms with van der Waals surface area (Å²) in [6.07, 6.45) is 1.34. The molecule has 2 amide bonds. The first-order valence-electron chi connectivity index (χ1n) is 23.5. The number of benzene rings is 4. The maximum atomic E-state index is 13.6. The summed E-state index contributed by atoms with van der Waals surface area (Å²) in [5.74, 6) is 1.38. The first-order chi connectivity index (χ1) is 29.7. The van der Waals surface area contributed by atoms with Crippen molar-refractivity contribution in [2.45, 2.75) is 158 Å². The van der Waals surface area contributed by atoms with E-state index in [-0.39, 0.29) is 58.2 Å². The van der Waals surface area contributed by atoms with E-state index in [1.165, 1.54) is 0 Å². The summed E-state index contributed by atoms with van der Waals surface area (Å²) in [7, 11) is 0. The lowest BCUT2D eigenvalue weighted by atomic mass is 9.79. The fraction of sp³-hybridized carbons (Fsp3) is 0.536. The minimum absolute atomic E-state index is 0.101. The monoisotopic (exact) mass is 875 g/mol. The quantitative estimate of drug-likeness (QED) is 0.145. The number of nitrogens with zero attached hydrogens (tertiary/aromatic N) is 2. The normalized spacial score (nSPS) is 13.4. The molecule has 0 saturated heterocycles. The second-order valence-electron chi connectivity index (χ2n) is 21.9. The van der Waals surface area contributed by atoms with Gasteiger partial charge in [-0.25, -0.2) is 0 Å². The molecule has 4 aromatic carbocycles. The van der Waals surface area contributed by atoms with E-state index in [9.17, 15) is 19.8 Å². The van der Waals surface area contributed by atoms with Crippen LogP contribution in [0.4, 0.5) is 0 Å². The zero-order valence-electron chi connectivity index (χ0n) is 42.1. The van der Waals surface area contributed by atoms with Crippen molar-refractivity contribution in [2.24, 2.45) is 0 Å². The molecule has 4 aromatic rings. The Morgan fingerprint density at radius 2 is 0.625 bits per heavy atom. The van der Waals surface area contributed by atoms with Gasteiger partial charge in [0.05, 0.1) is 0 Å². The maximum Gasteiger partial charge on any atom is 0.260 e. The second-order valence-corrected chi connectivity index (χ2v) is 21.9. The molecule has 0 aromatic heterocycles. The molecular weight excluding hydrogens is 797 g/mol. The average Bonchev–Trinajstić information content (AvgIpc) is 3.18. The molecule has 0 saturated carbocycles. The average molecular weight is 875 g/mol. The van der Waals surface area contributed by atoms with Crippen molar-refractivity contribution in [2.75, 3.05) is 39.4 Å². The molecule has 1 aliphatic carbocycles. The van der Waals surface area contributed by atoms with Gasteiger partial charge in [0.25, 0.3) is 11.8 Å². The van der Waals surface area contributed by atoms with Gasteiger partial charge in [0.2, 0.25) is 0 Å². The highest BCUT2D eigenvalue weighted by atomic mass is 16.5. The molecule has 1 aliphatic rings. The van der Waals surface area contributed by atoms with Gasteiger partial charge in [-0.05, 0) is 116 Å². The molecule has 8 heteroatoms. The molecule has 8 nitrogen and oxygen atoms in total. The molecule has 0 radical (unpaired) electrons. The third-order valence-corrected chi connectivity index (χ3v) is 12.9. The maximum absolute atomic E-state index is 13.6. The van der Waals surface area contributed by atoms with Crippen LogP contribution < -0.4 is 9.47 Å². The standard InChI is InChI=1S/C56H78N2O6/c1-17-57(18-2)47(59)33-63-51-39-21-35-25-43(53(5,6)7)27-37(49(35)61)23-41-31-46(56(14,15)16)32-42(52(41)64-34-48(60)58(19-3)20-4)24-38-28-44(54(8,9)10)26-36(50(38)62)22-40(51)30-45(29-39)55(11,12)13/h25-32,61-62H,17-24,33-34H2,1-16H3. The summed E-state index contributed by atoms with van der Waals surface area (Å²) in [5, 5.41) is 25.1. The van der Waals surface area contributed by atoms with Crippen LogP contribution in [0.5, 0.6) is 23.0 Å². The largest absolute Gasteiger partial charge is 0.507 e. The molecule has 348 valence electrons. The predicted octanol–water partition coefficient (Wildman–Crippen LogP) is 11.5. The number of carbonyl (C=O) groups is 2. The number of amides is 2. The Bertz CT molecular complexity index is 2080. The Balaban J connectivity index is 1.93. The molecule has 0 atom stereocenters. The van der Waals surface area contributed by atoms with Crippen LogP contribution in [-0.4, -0.2) is 71.2 Å². The number of rotatable bonds is 10. The van der Waals surface area contributed by atoms with Crippen LogP contribution in [0.1, 0.15) is 178 Å². The van der Waals surface area contributed by atoms with E-state index in [1.54, 1.807) is 9.80 Å². The van der Waals surface area contributed by atoms with Gasteiger partial charge in [-0.15, -0.1) is 0 Å². The fourth-order valence-electron chi connectivity index (χ4n) is 8.62. The molecule has 0 unspecified atom stereocenters. The number of hydrogen-bond donors (Lipinski definition) is 2. The van der Waals surface area contributed by atoms with Crippen molar-refractivity contribution in [3.63, 3.8) is 0 Å². The smallest absolute Gasteiger partial charge is 0.260 e. The van der Waals surface area contributed by atoms with E-state index in [4.69, 9.17) is 9.47 Å². The summed E-state index contributed by atoms with van der Waals surface area (Å²) in [6.45, 7) is 36.1. The first-order valence-corrected chi connectivity index (χ1v) is 23.5. The van der Waals surface area contributed by atoms with Crippen LogP contribution in [0, 0.1) is 0 Å². The van der Waals surface area contributed by atoms with E-state index < -0.39 is 0 Å². The van der Waals surface area contributed by atoms with Crippen molar-refractivity contribution >= 4 is 11.8 Å². The van der Waals surface area contributed by atoms with Crippen molar-refractivity contribution in [3.05, 3.63) is 115 Å². The van der Waals surface area contributed by atoms with E-state index in [1.807, 2.05) is 27.7 Å². The molecule has 0 heterocycles. The highest BCUT2D eigenvalue weighted by Crippen LogP contribution is 2.44. The number of phenols is 2. The van der Waals surface area contributed by atoms with Gasteiger partial charge < -0.3 is 29.5 Å². The van der Waals surface area contributed by atoms with Gasteiger partial charge in [-0.3, -0.25) is 9.59 Å². The molecule has 8 bridgehead atoms. The fourth-order valence-corrected chi connectivity index (χ4v) is 8.62. The zero-order valence-corrected chi connectivity index (χ0v) is 42.1. The van der Waals surface area contributed by atoms with E-state index in [0.717, 1.165) is 66.8 Å². The minimum Gasteiger partial charge on any atom is -0.507 e. The van der Waals surface area contributed by atoms with Gasteiger partial charge in [0.1, 0.15) is 23.0 Å².